The van der Waals surface area contributed by atoms with E-state index in [2.05, 4.69) is 15.4 Å². The van der Waals surface area contributed by atoms with Gasteiger partial charge in [0.25, 0.3) is 0 Å². The number of tetrazole rings is 1. The Hall–Kier alpha value is -0.980. The van der Waals surface area contributed by atoms with E-state index in [1.54, 1.807) is 12.1 Å². The normalized spacial score (nSPS) is 10.6. The molecule has 0 saturated heterocycles. The summed E-state index contributed by atoms with van der Waals surface area (Å²) in [6.07, 6.45) is 0. The molecule has 0 atom stereocenters. The molecule has 2 aromatic rings. The molecule has 0 aliphatic heterocycles. The molecule has 0 aromatic carbocycles. The smallest absolute Gasteiger partial charge is 0.196 e. The van der Waals surface area contributed by atoms with Crippen LogP contribution in [0.2, 0.25) is 4.34 Å². The first-order valence-electron chi connectivity index (χ1n) is 4.30. The number of Topliss-reactive ketones (excluding diaryl/α,β-unsaturated/α-hetero) is 1. The second kappa shape index (κ2) is 4.90. The molecule has 0 aliphatic carbocycles. The van der Waals surface area contributed by atoms with Crippen LogP contribution in [0, 0.1) is 0 Å². The third-order valence-corrected chi connectivity index (χ3v) is 3.26. The molecule has 8 heteroatoms. The Morgan fingerprint density at radius 1 is 1.50 bits per heavy atom. The van der Waals surface area contributed by atoms with Gasteiger partial charge in [-0.1, -0.05) is 11.6 Å². The number of carbonyl (C=O) groups is 1. The van der Waals surface area contributed by atoms with Crippen molar-refractivity contribution >= 4 is 40.3 Å². The van der Waals surface area contributed by atoms with E-state index in [1.165, 1.54) is 16.1 Å². The fraction of sp³-hybridized carbons (Fsp3) is 0.250. The Labute approximate surface area is 105 Å². The molecule has 2 rings (SSSR count). The fourth-order valence-electron chi connectivity index (χ4n) is 1.07. The van der Waals surface area contributed by atoms with Gasteiger partial charge < -0.3 is 0 Å². The van der Waals surface area contributed by atoms with E-state index in [0.717, 1.165) is 0 Å². The number of hydrogen-bond acceptors (Lipinski definition) is 5. The van der Waals surface area contributed by atoms with Gasteiger partial charge in [-0.25, -0.2) is 0 Å². The zero-order valence-electron chi connectivity index (χ0n) is 7.93. The average Bonchev–Trinajstić information content (AvgIpc) is 2.87. The molecule has 5 nitrogen and oxygen atoms in total. The zero-order chi connectivity index (χ0) is 11.5. The average molecular weight is 277 g/mol. The summed E-state index contributed by atoms with van der Waals surface area (Å²) in [6.45, 7) is 0.0424. The van der Waals surface area contributed by atoms with Gasteiger partial charge >= 0.3 is 0 Å². The fourth-order valence-corrected chi connectivity index (χ4v) is 2.15. The minimum Gasteiger partial charge on any atom is -0.291 e. The second-order valence-electron chi connectivity index (χ2n) is 2.90. The number of ketones is 1. The van der Waals surface area contributed by atoms with Gasteiger partial charge in [0.15, 0.2) is 11.6 Å². The highest BCUT2D eigenvalue weighted by Crippen LogP contribution is 2.21. The summed E-state index contributed by atoms with van der Waals surface area (Å²) in [4.78, 5) is 13.5. The Kier molecular flexibility index (Phi) is 3.52. The highest BCUT2D eigenvalue weighted by atomic mass is 35.5. The van der Waals surface area contributed by atoms with Crippen LogP contribution in [0.5, 0.6) is 0 Å². The van der Waals surface area contributed by atoms with Crippen molar-refractivity contribution in [2.75, 3.05) is 0 Å². The molecule has 84 valence electrons. The Bertz CT molecular complexity index is 510. The molecule has 0 radical (unpaired) electrons. The highest BCUT2D eigenvalue weighted by molar-refractivity contribution is 7.18. The van der Waals surface area contributed by atoms with Crippen LogP contribution in [0.15, 0.2) is 12.1 Å². The maximum absolute atomic E-state index is 11.7. The summed E-state index contributed by atoms with van der Waals surface area (Å²) < 4.78 is 0.580. The largest absolute Gasteiger partial charge is 0.291 e. The summed E-state index contributed by atoms with van der Waals surface area (Å²) in [6, 6.07) is 3.35. The van der Waals surface area contributed by atoms with Gasteiger partial charge in [-0.3, -0.25) is 4.79 Å². The van der Waals surface area contributed by atoms with Crippen molar-refractivity contribution in [3.63, 3.8) is 0 Å². The summed E-state index contributed by atoms with van der Waals surface area (Å²) >= 11 is 12.5. The van der Waals surface area contributed by atoms with E-state index >= 15 is 0 Å². The van der Waals surface area contributed by atoms with Crippen LogP contribution >= 0.6 is 34.5 Å². The monoisotopic (exact) mass is 276 g/mol. The summed E-state index contributed by atoms with van der Waals surface area (Å²) in [5.41, 5.74) is 0. The van der Waals surface area contributed by atoms with Crippen molar-refractivity contribution in [3.8, 4) is 0 Å². The number of carbonyl (C=O) groups excluding carboxylic acids is 1. The molecule has 0 N–H and O–H groups in total. The van der Waals surface area contributed by atoms with Gasteiger partial charge in [0, 0.05) is 0 Å². The first-order chi connectivity index (χ1) is 7.69. The van der Waals surface area contributed by atoms with Crippen LogP contribution in [0.4, 0.5) is 0 Å². The summed E-state index contributed by atoms with van der Waals surface area (Å²) in [7, 11) is 0. The van der Waals surface area contributed by atoms with E-state index in [1.807, 2.05) is 0 Å². The number of aromatic nitrogens is 4. The van der Waals surface area contributed by atoms with Crippen LogP contribution in [0.1, 0.15) is 15.5 Å². The SMILES string of the molecule is O=C(Cn1nnc(CCl)n1)c1ccc(Cl)s1. The third kappa shape index (κ3) is 2.58. The number of alkyl halides is 1. The second-order valence-corrected chi connectivity index (χ2v) is 4.88. The molecular weight excluding hydrogens is 271 g/mol. The van der Waals surface area contributed by atoms with E-state index < -0.39 is 0 Å². The summed E-state index contributed by atoms with van der Waals surface area (Å²) in [5, 5.41) is 11.3. The molecule has 0 amide bonds. The quantitative estimate of drug-likeness (QED) is 0.633. The minimum absolute atomic E-state index is 0.0424. The van der Waals surface area contributed by atoms with E-state index in [9.17, 15) is 4.79 Å². The van der Waals surface area contributed by atoms with Crippen LogP contribution in [-0.2, 0) is 12.4 Å². The van der Waals surface area contributed by atoms with E-state index in [0.29, 0.717) is 15.0 Å². The first kappa shape index (κ1) is 11.5. The van der Waals surface area contributed by atoms with E-state index in [-0.39, 0.29) is 18.2 Å². The van der Waals surface area contributed by atoms with Crippen LogP contribution in [-0.4, -0.2) is 26.0 Å². The third-order valence-electron chi connectivity index (χ3n) is 1.75. The molecule has 2 heterocycles. The zero-order valence-corrected chi connectivity index (χ0v) is 10.3. The van der Waals surface area contributed by atoms with Crippen molar-refractivity contribution in [3.05, 3.63) is 27.2 Å². The lowest BCUT2D eigenvalue weighted by atomic mass is 10.3. The molecule has 0 bridgehead atoms. The van der Waals surface area contributed by atoms with Crippen molar-refractivity contribution < 1.29 is 4.79 Å². The van der Waals surface area contributed by atoms with Crippen molar-refractivity contribution in [2.24, 2.45) is 0 Å². The highest BCUT2D eigenvalue weighted by Gasteiger charge is 2.11. The number of nitrogens with zero attached hydrogens (tertiary/aromatic N) is 4. The maximum Gasteiger partial charge on any atom is 0.196 e. The van der Waals surface area contributed by atoms with Crippen LogP contribution < -0.4 is 0 Å². The molecule has 0 spiro atoms. The summed E-state index contributed by atoms with van der Waals surface area (Å²) in [5.74, 6) is 0.480. The first-order valence-corrected chi connectivity index (χ1v) is 6.03. The number of halogens is 2. The van der Waals surface area contributed by atoms with Crippen LogP contribution in [0.25, 0.3) is 0 Å². The van der Waals surface area contributed by atoms with E-state index in [4.69, 9.17) is 23.2 Å². The molecule has 2 aromatic heterocycles. The van der Waals surface area contributed by atoms with Gasteiger partial charge in [0.1, 0.15) is 6.54 Å². The van der Waals surface area contributed by atoms with Gasteiger partial charge in [-0.05, 0) is 17.3 Å². The predicted molar refractivity (Wildman–Crippen MR) is 61.0 cm³/mol. The minimum atomic E-state index is -0.101. The molecule has 0 aliphatic rings. The molecule has 16 heavy (non-hydrogen) atoms. The van der Waals surface area contributed by atoms with Crippen LogP contribution in [0.3, 0.4) is 0 Å². The van der Waals surface area contributed by atoms with Crippen molar-refractivity contribution in [2.45, 2.75) is 12.4 Å². The van der Waals surface area contributed by atoms with Crippen molar-refractivity contribution in [1.29, 1.82) is 0 Å². The number of rotatable bonds is 4. The molecular formula is C8H6Cl2N4OS. The lowest BCUT2D eigenvalue weighted by molar-refractivity contribution is 0.0965. The Morgan fingerprint density at radius 3 is 2.88 bits per heavy atom. The molecule has 0 saturated carbocycles. The predicted octanol–water partition coefficient (Wildman–Crippen LogP) is 2.01. The van der Waals surface area contributed by atoms with Gasteiger partial charge in [0.05, 0.1) is 15.1 Å². The van der Waals surface area contributed by atoms with Gasteiger partial charge in [0.2, 0.25) is 0 Å². The number of hydrogen-bond donors (Lipinski definition) is 0. The van der Waals surface area contributed by atoms with Crippen molar-refractivity contribution in [1.82, 2.24) is 20.2 Å². The molecule has 0 fully saturated rings. The topological polar surface area (TPSA) is 60.7 Å². The standard InChI is InChI=1S/C8H6Cl2N4OS/c9-3-8-11-13-14(12-8)4-5(15)6-1-2-7(10)16-6/h1-2H,3-4H2. The van der Waals surface area contributed by atoms with Gasteiger partial charge in [-0.2, -0.15) is 4.80 Å². The number of thiophene rings is 1. The Balaban J connectivity index is 2.07. The lowest BCUT2D eigenvalue weighted by Gasteiger charge is -1.94. The Morgan fingerprint density at radius 2 is 2.31 bits per heavy atom. The maximum atomic E-state index is 11.7. The van der Waals surface area contributed by atoms with Gasteiger partial charge in [-0.15, -0.1) is 33.1 Å². The molecule has 0 unspecified atom stereocenters. The lowest BCUT2D eigenvalue weighted by Crippen LogP contribution is -2.12.